The van der Waals surface area contributed by atoms with Crippen molar-refractivity contribution in [1.29, 1.82) is 0 Å². The molecule has 1 heterocycles. The lowest BCUT2D eigenvalue weighted by molar-refractivity contribution is 0.980. The molecule has 0 bridgehead atoms. The summed E-state index contributed by atoms with van der Waals surface area (Å²) in [6.45, 7) is 7.34. The first-order chi connectivity index (χ1) is 7.72. The zero-order valence-corrected chi connectivity index (χ0v) is 10.2. The molecule has 0 aliphatic heterocycles. The quantitative estimate of drug-likeness (QED) is 0.843. The molecular formula is C14H18N2. The minimum Gasteiger partial charge on any atom is -0.384 e. The van der Waals surface area contributed by atoms with Crippen molar-refractivity contribution in [2.24, 2.45) is 0 Å². The standard InChI is InChI=1S/C14H18N2/c1-4-8-15-13-9-11(3)16-14-10(2)6-5-7-12(13)14/h5-7,9H,4,8H2,1-3H3,(H,15,16). The summed E-state index contributed by atoms with van der Waals surface area (Å²) >= 11 is 0. The predicted molar refractivity (Wildman–Crippen MR) is 70.0 cm³/mol. The van der Waals surface area contributed by atoms with Crippen LogP contribution in [-0.4, -0.2) is 11.5 Å². The van der Waals surface area contributed by atoms with Gasteiger partial charge in [0.25, 0.3) is 0 Å². The Labute approximate surface area is 96.7 Å². The monoisotopic (exact) mass is 214 g/mol. The molecule has 0 fully saturated rings. The van der Waals surface area contributed by atoms with Crippen molar-refractivity contribution in [3.8, 4) is 0 Å². The fraction of sp³-hybridized carbons (Fsp3) is 0.357. The van der Waals surface area contributed by atoms with Crippen molar-refractivity contribution >= 4 is 16.6 Å². The van der Waals surface area contributed by atoms with Crippen LogP contribution in [0.15, 0.2) is 24.3 Å². The summed E-state index contributed by atoms with van der Waals surface area (Å²) in [7, 11) is 0. The van der Waals surface area contributed by atoms with E-state index in [0.29, 0.717) is 0 Å². The average molecular weight is 214 g/mol. The molecule has 0 radical (unpaired) electrons. The maximum Gasteiger partial charge on any atom is 0.0755 e. The van der Waals surface area contributed by atoms with Crippen LogP contribution < -0.4 is 5.32 Å². The van der Waals surface area contributed by atoms with E-state index in [1.165, 1.54) is 16.6 Å². The molecule has 0 unspecified atom stereocenters. The van der Waals surface area contributed by atoms with Crippen LogP contribution in [0.1, 0.15) is 24.6 Å². The van der Waals surface area contributed by atoms with Crippen molar-refractivity contribution in [2.45, 2.75) is 27.2 Å². The summed E-state index contributed by atoms with van der Waals surface area (Å²) in [5, 5.41) is 4.69. The van der Waals surface area contributed by atoms with E-state index in [0.717, 1.165) is 24.2 Å². The number of hydrogen-bond acceptors (Lipinski definition) is 2. The molecule has 0 spiro atoms. The summed E-state index contributed by atoms with van der Waals surface area (Å²) in [6, 6.07) is 8.45. The number of benzene rings is 1. The first-order valence-electron chi connectivity index (χ1n) is 5.83. The molecule has 0 aliphatic rings. The number of nitrogens with one attached hydrogen (secondary N) is 1. The van der Waals surface area contributed by atoms with Crippen LogP contribution in [0.2, 0.25) is 0 Å². The Kier molecular flexibility index (Phi) is 3.09. The second-order valence-electron chi connectivity index (χ2n) is 4.21. The summed E-state index contributed by atoms with van der Waals surface area (Å²) < 4.78 is 0. The average Bonchev–Trinajstić information content (AvgIpc) is 2.27. The second kappa shape index (κ2) is 4.52. The van der Waals surface area contributed by atoms with Crippen LogP contribution in [0, 0.1) is 13.8 Å². The van der Waals surface area contributed by atoms with E-state index in [9.17, 15) is 0 Å². The van der Waals surface area contributed by atoms with Crippen LogP contribution in [0.4, 0.5) is 5.69 Å². The Hall–Kier alpha value is -1.57. The second-order valence-corrected chi connectivity index (χ2v) is 4.21. The number of rotatable bonds is 3. The van der Waals surface area contributed by atoms with Gasteiger partial charge in [-0.15, -0.1) is 0 Å². The smallest absolute Gasteiger partial charge is 0.0755 e. The van der Waals surface area contributed by atoms with E-state index in [1.807, 2.05) is 6.92 Å². The number of fused-ring (bicyclic) bond motifs is 1. The molecule has 84 valence electrons. The van der Waals surface area contributed by atoms with Gasteiger partial charge in [-0.2, -0.15) is 0 Å². The van der Waals surface area contributed by atoms with Gasteiger partial charge in [0.05, 0.1) is 5.52 Å². The van der Waals surface area contributed by atoms with Gasteiger partial charge >= 0.3 is 0 Å². The molecule has 2 nitrogen and oxygen atoms in total. The van der Waals surface area contributed by atoms with Gasteiger partial charge < -0.3 is 5.32 Å². The van der Waals surface area contributed by atoms with Gasteiger partial charge in [0.1, 0.15) is 0 Å². The lowest BCUT2D eigenvalue weighted by Gasteiger charge is -2.11. The van der Waals surface area contributed by atoms with Crippen LogP contribution in [-0.2, 0) is 0 Å². The molecular weight excluding hydrogens is 196 g/mol. The lowest BCUT2D eigenvalue weighted by Crippen LogP contribution is -2.02. The topological polar surface area (TPSA) is 24.9 Å². The third-order valence-electron chi connectivity index (χ3n) is 2.73. The number of hydrogen-bond donors (Lipinski definition) is 1. The third kappa shape index (κ3) is 2.01. The van der Waals surface area contributed by atoms with Gasteiger partial charge in [0.2, 0.25) is 0 Å². The molecule has 0 saturated carbocycles. The summed E-state index contributed by atoms with van der Waals surface area (Å²) in [5.41, 5.74) is 4.62. The van der Waals surface area contributed by atoms with Gasteiger partial charge in [-0.1, -0.05) is 25.1 Å². The Morgan fingerprint density at radius 2 is 2.06 bits per heavy atom. The van der Waals surface area contributed by atoms with Crippen LogP contribution in [0.3, 0.4) is 0 Å². The molecule has 1 N–H and O–H groups in total. The van der Waals surface area contributed by atoms with Crippen molar-refractivity contribution in [3.05, 3.63) is 35.5 Å². The molecule has 0 amide bonds. The third-order valence-corrected chi connectivity index (χ3v) is 2.73. The molecule has 16 heavy (non-hydrogen) atoms. The number of nitrogens with zero attached hydrogens (tertiary/aromatic N) is 1. The van der Waals surface area contributed by atoms with Crippen molar-refractivity contribution in [1.82, 2.24) is 4.98 Å². The highest BCUT2D eigenvalue weighted by Crippen LogP contribution is 2.25. The first-order valence-corrected chi connectivity index (χ1v) is 5.83. The SMILES string of the molecule is CCCNc1cc(C)nc2c(C)cccc12. The maximum atomic E-state index is 4.60. The maximum absolute atomic E-state index is 4.60. The number of pyridine rings is 1. The van der Waals surface area contributed by atoms with Crippen LogP contribution in [0.5, 0.6) is 0 Å². The van der Waals surface area contributed by atoms with Gasteiger partial charge in [-0.25, -0.2) is 0 Å². The Bertz CT molecular complexity index is 503. The lowest BCUT2D eigenvalue weighted by atomic mass is 10.1. The van der Waals surface area contributed by atoms with Gasteiger partial charge in [0, 0.05) is 23.3 Å². The first kappa shape index (κ1) is 10.9. The van der Waals surface area contributed by atoms with E-state index < -0.39 is 0 Å². The summed E-state index contributed by atoms with van der Waals surface area (Å²) in [4.78, 5) is 4.60. The molecule has 0 aliphatic carbocycles. The van der Waals surface area contributed by atoms with Crippen molar-refractivity contribution in [2.75, 3.05) is 11.9 Å². The summed E-state index contributed by atoms with van der Waals surface area (Å²) in [5.74, 6) is 0. The van der Waals surface area contributed by atoms with Gasteiger partial charge in [0.15, 0.2) is 0 Å². The van der Waals surface area contributed by atoms with Crippen LogP contribution in [0.25, 0.3) is 10.9 Å². The largest absolute Gasteiger partial charge is 0.384 e. The van der Waals surface area contributed by atoms with Gasteiger partial charge in [-0.3, -0.25) is 4.98 Å². The number of aromatic nitrogens is 1. The minimum atomic E-state index is 1.01. The molecule has 0 atom stereocenters. The zero-order chi connectivity index (χ0) is 11.5. The van der Waals surface area contributed by atoms with Crippen LogP contribution >= 0.6 is 0 Å². The van der Waals surface area contributed by atoms with E-state index >= 15 is 0 Å². The minimum absolute atomic E-state index is 1.01. The number of anilines is 1. The van der Waals surface area contributed by atoms with E-state index in [4.69, 9.17) is 0 Å². The number of para-hydroxylation sites is 1. The highest BCUT2D eigenvalue weighted by atomic mass is 14.9. The normalized spacial score (nSPS) is 10.7. The van der Waals surface area contributed by atoms with E-state index in [1.54, 1.807) is 0 Å². The van der Waals surface area contributed by atoms with Crippen molar-refractivity contribution in [3.63, 3.8) is 0 Å². The Morgan fingerprint density at radius 1 is 1.25 bits per heavy atom. The van der Waals surface area contributed by atoms with E-state index in [-0.39, 0.29) is 0 Å². The molecule has 2 aromatic rings. The molecule has 1 aromatic heterocycles. The summed E-state index contributed by atoms with van der Waals surface area (Å²) in [6.07, 6.45) is 1.13. The molecule has 2 heteroatoms. The highest BCUT2D eigenvalue weighted by Gasteiger charge is 2.04. The highest BCUT2D eigenvalue weighted by molar-refractivity contribution is 5.93. The predicted octanol–water partition coefficient (Wildman–Crippen LogP) is 3.67. The van der Waals surface area contributed by atoms with Gasteiger partial charge in [-0.05, 0) is 31.9 Å². The fourth-order valence-electron chi connectivity index (χ4n) is 1.93. The zero-order valence-electron chi connectivity index (χ0n) is 10.2. The molecule has 0 saturated heterocycles. The Morgan fingerprint density at radius 3 is 2.81 bits per heavy atom. The molecule has 1 aromatic carbocycles. The molecule has 2 rings (SSSR count). The Balaban J connectivity index is 2.59. The van der Waals surface area contributed by atoms with Crippen molar-refractivity contribution < 1.29 is 0 Å². The fourth-order valence-corrected chi connectivity index (χ4v) is 1.93. The number of aryl methyl sites for hydroxylation is 2. The van der Waals surface area contributed by atoms with E-state index in [2.05, 4.69) is 48.4 Å².